The monoisotopic (exact) mass is 235 g/mol. The Labute approximate surface area is 102 Å². The third-order valence-electron chi connectivity index (χ3n) is 3.34. The molecule has 1 atom stereocenters. The van der Waals surface area contributed by atoms with Crippen LogP contribution in [-0.4, -0.2) is 16.0 Å². The SMILES string of the molecule is CC1(C)CCCC(Nc2cncc(NN)n2)C1. The first-order chi connectivity index (χ1) is 8.09. The van der Waals surface area contributed by atoms with Gasteiger partial charge in [-0.3, -0.25) is 4.98 Å². The van der Waals surface area contributed by atoms with Crippen molar-refractivity contribution in [3.8, 4) is 0 Å². The Morgan fingerprint density at radius 3 is 2.82 bits per heavy atom. The van der Waals surface area contributed by atoms with E-state index in [1.54, 1.807) is 12.4 Å². The third kappa shape index (κ3) is 3.30. The van der Waals surface area contributed by atoms with Gasteiger partial charge in [0.25, 0.3) is 0 Å². The standard InChI is InChI=1S/C12H21N5/c1-12(2)5-3-4-9(6-12)15-10-7-14-8-11(16-10)17-13/h7-9H,3-6,13H2,1-2H3,(H2,15,16,17). The zero-order chi connectivity index (χ0) is 12.3. The van der Waals surface area contributed by atoms with Gasteiger partial charge in [0.1, 0.15) is 5.82 Å². The quantitative estimate of drug-likeness (QED) is 0.553. The molecule has 0 amide bonds. The highest BCUT2D eigenvalue weighted by Crippen LogP contribution is 2.36. The second-order valence-corrected chi connectivity index (χ2v) is 5.54. The number of nitrogen functional groups attached to an aromatic ring is 1. The minimum Gasteiger partial charge on any atom is -0.366 e. The number of nitrogens with zero attached hydrogens (tertiary/aromatic N) is 2. The van der Waals surface area contributed by atoms with E-state index in [4.69, 9.17) is 5.84 Å². The van der Waals surface area contributed by atoms with Crippen molar-refractivity contribution in [2.24, 2.45) is 11.3 Å². The fraction of sp³-hybridized carbons (Fsp3) is 0.667. The Hall–Kier alpha value is -1.36. The van der Waals surface area contributed by atoms with Gasteiger partial charge < -0.3 is 10.7 Å². The summed E-state index contributed by atoms with van der Waals surface area (Å²) in [6.07, 6.45) is 8.30. The van der Waals surface area contributed by atoms with Gasteiger partial charge in [-0.25, -0.2) is 10.8 Å². The first-order valence-corrected chi connectivity index (χ1v) is 6.14. The molecular formula is C12H21N5. The van der Waals surface area contributed by atoms with E-state index in [1.165, 1.54) is 25.7 Å². The van der Waals surface area contributed by atoms with Crippen molar-refractivity contribution in [2.45, 2.75) is 45.6 Å². The predicted molar refractivity (Wildman–Crippen MR) is 69.5 cm³/mol. The summed E-state index contributed by atoms with van der Waals surface area (Å²) in [7, 11) is 0. The van der Waals surface area contributed by atoms with Crippen LogP contribution >= 0.6 is 0 Å². The predicted octanol–water partition coefficient (Wildman–Crippen LogP) is 2.14. The molecule has 0 spiro atoms. The van der Waals surface area contributed by atoms with Crippen LogP contribution < -0.4 is 16.6 Å². The average molecular weight is 235 g/mol. The van der Waals surface area contributed by atoms with Crippen molar-refractivity contribution in [3.05, 3.63) is 12.4 Å². The van der Waals surface area contributed by atoms with Crippen molar-refractivity contribution in [1.82, 2.24) is 9.97 Å². The molecule has 5 heteroatoms. The number of aromatic nitrogens is 2. The average Bonchev–Trinajstić information content (AvgIpc) is 2.28. The molecule has 1 heterocycles. The van der Waals surface area contributed by atoms with Crippen molar-refractivity contribution in [3.63, 3.8) is 0 Å². The number of hydrazine groups is 1. The fourth-order valence-electron chi connectivity index (χ4n) is 2.54. The first kappa shape index (κ1) is 12.1. The summed E-state index contributed by atoms with van der Waals surface area (Å²) < 4.78 is 0. The summed E-state index contributed by atoms with van der Waals surface area (Å²) in [5.74, 6) is 6.70. The molecule has 94 valence electrons. The van der Waals surface area contributed by atoms with Crippen molar-refractivity contribution in [1.29, 1.82) is 0 Å². The van der Waals surface area contributed by atoms with E-state index in [0.717, 1.165) is 5.82 Å². The highest BCUT2D eigenvalue weighted by atomic mass is 15.3. The van der Waals surface area contributed by atoms with Gasteiger partial charge in [0.2, 0.25) is 0 Å². The van der Waals surface area contributed by atoms with Crippen LogP contribution in [0.4, 0.5) is 11.6 Å². The van der Waals surface area contributed by atoms with E-state index in [9.17, 15) is 0 Å². The first-order valence-electron chi connectivity index (χ1n) is 6.14. The molecule has 0 bridgehead atoms. The normalized spacial score (nSPS) is 23.1. The molecule has 5 nitrogen and oxygen atoms in total. The maximum Gasteiger partial charge on any atom is 0.160 e. The Morgan fingerprint density at radius 2 is 2.12 bits per heavy atom. The molecule has 0 aromatic carbocycles. The van der Waals surface area contributed by atoms with E-state index in [1.807, 2.05) is 0 Å². The van der Waals surface area contributed by atoms with E-state index < -0.39 is 0 Å². The number of hydrogen-bond acceptors (Lipinski definition) is 5. The molecule has 4 N–H and O–H groups in total. The Bertz CT molecular complexity index is 377. The lowest BCUT2D eigenvalue weighted by Crippen LogP contribution is -2.32. The molecule has 0 saturated heterocycles. The van der Waals surface area contributed by atoms with Crippen LogP contribution in [-0.2, 0) is 0 Å². The van der Waals surface area contributed by atoms with Crippen molar-refractivity contribution >= 4 is 11.6 Å². The topological polar surface area (TPSA) is 75.9 Å². The van der Waals surface area contributed by atoms with E-state index in [0.29, 0.717) is 17.3 Å². The number of nitrogens with two attached hydrogens (primary N) is 1. The second kappa shape index (κ2) is 4.87. The van der Waals surface area contributed by atoms with Gasteiger partial charge in [-0.2, -0.15) is 0 Å². The summed E-state index contributed by atoms with van der Waals surface area (Å²) in [6.45, 7) is 4.65. The van der Waals surface area contributed by atoms with Gasteiger partial charge >= 0.3 is 0 Å². The van der Waals surface area contributed by atoms with Crippen LogP contribution in [0.1, 0.15) is 39.5 Å². The van der Waals surface area contributed by atoms with E-state index >= 15 is 0 Å². The van der Waals surface area contributed by atoms with E-state index in [2.05, 4.69) is 34.6 Å². The lowest BCUT2D eigenvalue weighted by molar-refractivity contribution is 0.229. The van der Waals surface area contributed by atoms with Gasteiger partial charge in [0, 0.05) is 6.04 Å². The maximum absolute atomic E-state index is 5.31. The zero-order valence-electron chi connectivity index (χ0n) is 10.5. The minimum absolute atomic E-state index is 0.424. The largest absolute Gasteiger partial charge is 0.366 e. The fourth-order valence-corrected chi connectivity index (χ4v) is 2.54. The zero-order valence-corrected chi connectivity index (χ0v) is 10.5. The van der Waals surface area contributed by atoms with Crippen LogP contribution in [0, 0.1) is 5.41 Å². The van der Waals surface area contributed by atoms with Gasteiger partial charge in [-0.15, -0.1) is 0 Å². The Balaban J connectivity index is 2.00. The summed E-state index contributed by atoms with van der Waals surface area (Å²) in [4.78, 5) is 8.41. The van der Waals surface area contributed by atoms with Crippen LogP contribution in [0.15, 0.2) is 12.4 Å². The molecule has 17 heavy (non-hydrogen) atoms. The smallest absolute Gasteiger partial charge is 0.160 e. The molecule has 1 aromatic heterocycles. The molecule has 0 aliphatic heterocycles. The van der Waals surface area contributed by atoms with Gasteiger partial charge in [0.15, 0.2) is 5.82 Å². The van der Waals surface area contributed by atoms with Crippen LogP contribution in [0.5, 0.6) is 0 Å². The summed E-state index contributed by atoms with van der Waals surface area (Å²) in [6, 6.07) is 0.487. The minimum atomic E-state index is 0.424. The Kier molecular flexibility index (Phi) is 3.47. The number of hydrogen-bond donors (Lipinski definition) is 3. The molecular weight excluding hydrogens is 214 g/mol. The van der Waals surface area contributed by atoms with Gasteiger partial charge in [-0.05, 0) is 24.7 Å². The van der Waals surface area contributed by atoms with Crippen LogP contribution in [0.3, 0.4) is 0 Å². The summed E-state index contributed by atoms with van der Waals surface area (Å²) in [5, 5.41) is 3.44. The maximum atomic E-state index is 5.31. The highest BCUT2D eigenvalue weighted by Gasteiger charge is 2.27. The van der Waals surface area contributed by atoms with Gasteiger partial charge in [0.05, 0.1) is 12.4 Å². The van der Waals surface area contributed by atoms with Gasteiger partial charge in [-0.1, -0.05) is 20.3 Å². The van der Waals surface area contributed by atoms with Crippen LogP contribution in [0.25, 0.3) is 0 Å². The summed E-state index contributed by atoms with van der Waals surface area (Å²) >= 11 is 0. The van der Waals surface area contributed by atoms with Crippen LogP contribution in [0.2, 0.25) is 0 Å². The summed E-state index contributed by atoms with van der Waals surface area (Å²) in [5.41, 5.74) is 2.93. The highest BCUT2D eigenvalue weighted by molar-refractivity contribution is 5.41. The second-order valence-electron chi connectivity index (χ2n) is 5.54. The number of anilines is 2. The lowest BCUT2D eigenvalue weighted by Gasteiger charge is -2.35. The Morgan fingerprint density at radius 1 is 1.35 bits per heavy atom. The third-order valence-corrected chi connectivity index (χ3v) is 3.34. The molecule has 1 aliphatic carbocycles. The molecule has 1 aliphatic rings. The molecule has 1 saturated carbocycles. The lowest BCUT2D eigenvalue weighted by atomic mass is 9.75. The van der Waals surface area contributed by atoms with Crippen molar-refractivity contribution in [2.75, 3.05) is 10.7 Å². The number of rotatable bonds is 3. The molecule has 1 aromatic rings. The molecule has 1 unspecified atom stereocenters. The molecule has 0 radical (unpaired) electrons. The van der Waals surface area contributed by atoms with E-state index in [-0.39, 0.29) is 0 Å². The molecule has 1 fully saturated rings. The number of nitrogens with one attached hydrogen (secondary N) is 2. The van der Waals surface area contributed by atoms with Crippen molar-refractivity contribution < 1.29 is 0 Å². The molecule has 2 rings (SSSR count).